The van der Waals surface area contributed by atoms with Gasteiger partial charge in [-0.2, -0.15) is 0 Å². The van der Waals surface area contributed by atoms with Crippen molar-refractivity contribution in [3.63, 3.8) is 0 Å². The van der Waals surface area contributed by atoms with Crippen LogP contribution in [0.5, 0.6) is 0 Å². The number of aromatic nitrogens is 2. The molecule has 0 saturated heterocycles. The summed E-state index contributed by atoms with van der Waals surface area (Å²) in [6, 6.07) is 0.628. The van der Waals surface area contributed by atoms with Crippen molar-refractivity contribution in [3.8, 4) is 0 Å². The third-order valence-corrected chi connectivity index (χ3v) is 4.63. The van der Waals surface area contributed by atoms with E-state index in [1.807, 2.05) is 0 Å². The van der Waals surface area contributed by atoms with Crippen molar-refractivity contribution < 1.29 is 0 Å². The lowest BCUT2D eigenvalue weighted by Gasteiger charge is -2.32. The zero-order chi connectivity index (χ0) is 12.4. The molecule has 0 amide bonds. The van der Waals surface area contributed by atoms with E-state index in [2.05, 4.69) is 22.2 Å². The highest BCUT2D eigenvalue weighted by Crippen LogP contribution is 2.31. The van der Waals surface area contributed by atoms with E-state index in [-0.39, 0.29) is 0 Å². The molecule has 18 heavy (non-hydrogen) atoms. The largest absolute Gasteiger partial charge is 0.367 e. The number of anilines is 1. The van der Waals surface area contributed by atoms with Crippen LogP contribution in [0.1, 0.15) is 56.7 Å². The van der Waals surface area contributed by atoms with E-state index in [0.29, 0.717) is 6.04 Å². The van der Waals surface area contributed by atoms with Gasteiger partial charge in [0.25, 0.3) is 0 Å². The zero-order valence-electron chi connectivity index (χ0n) is 11.3. The first kappa shape index (κ1) is 11.9. The standard InChI is InChI=1S/C15H23N3/c1-2-11-6-3-4-8-13(11)18-15-12-7-5-9-14(12)16-10-17-15/h10-11,13H,2-9H2,1H3,(H,16,17,18). The summed E-state index contributed by atoms with van der Waals surface area (Å²) in [6.07, 6.45) is 12.0. The molecule has 3 nitrogen and oxygen atoms in total. The summed E-state index contributed by atoms with van der Waals surface area (Å²) in [5.74, 6) is 1.95. The maximum absolute atomic E-state index is 4.49. The summed E-state index contributed by atoms with van der Waals surface area (Å²) < 4.78 is 0. The number of rotatable bonds is 3. The van der Waals surface area contributed by atoms with Gasteiger partial charge in [0.05, 0.1) is 0 Å². The third-order valence-electron chi connectivity index (χ3n) is 4.63. The van der Waals surface area contributed by atoms with E-state index >= 15 is 0 Å². The Balaban J connectivity index is 1.77. The lowest BCUT2D eigenvalue weighted by atomic mass is 9.83. The van der Waals surface area contributed by atoms with Gasteiger partial charge in [0.2, 0.25) is 0 Å². The molecular weight excluding hydrogens is 222 g/mol. The van der Waals surface area contributed by atoms with E-state index in [1.165, 1.54) is 49.8 Å². The molecule has 0 bridgehead atoms. The molecule has 2 atom stereocenters. The van der Waals surface area contributed by atoms with Crippen LogP contribution in [0.15, 0.2) is 6.33 Å². The van der Waals surface area contributed by atoms with Crippen LogP contribution in [0, 0.1) is 5.92 Å². The SMILES string of the molecule is CCC1CCCCC1Nc1ncnc2c1CCC2. The molecule has 0 aliphatic heterocycles. The summed E-state index contributed by atoms with van der Waals surface area (Å²) in [7, 11) is 0. The monoisotopic (exact) mass is 245 g/mol. The van der Waals surface area contributed by atoms with Gasteiger partial charge in [0.15, 0.2) is 0 Å². The fraction of sp³-hybridized carbons (Fsp3) is 0.733. The minimum Gasteiger partial charge on any atom is -0.367 e. The van der Waals surface area contributed by atoms with Gasteiger partial charge in [0.1, 0.15) is 12.1 Å². The lowest BCUT2D eigenvalue weighted by molar-refractivity contribution is 0.316. The highest BCUT2D eigenvalue weighted by Gasteiger charge is 2.25. The van der Waals surface area contributed by atoms with Crippen molar-refractivity contribution >= 4 is 5.82 Å². The number of aryl methyl sites for hydroxylation is 1. The number of nitrogens with one attached hydrogen (secondary N) is 1. The Hall–Kier alpha value is -1.12. The van der Waals surface area contributed by atoms with E-state index in [0.717, 1.165) is 24.6 Å². The lowest BCUT2D eigenvalue weighted by Crippen LogP contribution is -2.32. The van der Waals surface area contributed by atoms with E-state index in [9.17, 15) is 0 Å². The first-order valence-electron chi connectivity index (χ1n) is 7.47. The van der Waals surface area contributed by atoms with Gasteiger partial charge in [-0.25, -0.2) is 9.97 Å². The molecule has 2 unspecified atom stereocenters. The first-order chi connectivity index (χ1) is 8.88. The normalized spacial score (nSPS) is 26.9. The molecule has 2 aliphatic carbocycles. The molecule has 1 aromatic rings. The Morgan fingerprint density at radius 2 is 2.06 bits per heavy atom. The minimum atomic E-state index is 0.628. The summed E-state index contributed by atoms with van der Waals surface area (Å²) in [4.78, 5) is 8.89. The maximum Gasteiger partial charge on any atom is 0.133 e. The topological polar surface area (TPSA) is 37.8 Å². The average Bonchev–Trinajstić information content (AvgIpc) is 2.89. The van der Waals surface area contributed by atoms with Gasteiger partial charge in [-0.1, -0.05) is 26.2 Å². The van der Waals surface area contributed by atoms with Crippen LogP contribution in [0.3, 0.4) is 0 Å². The summed E-state index contributed by atoms with van der Waals surface area (Å²) in [5, 5.41) is 3.73. The molecule has 0 radical (unpaired) electrons. The Morgan fingerprint density at radius 3 is 2.94 bits per heavy atom. The fourth-order valence-electron chi connectivity index (χ4n) is 3.55. The van der Waals surface area contributed by atoms with Crippen molar-refractivity contribution in [2.45, 2.75) is 64.3 Å². The molecule has 0 aromatic carbocycles. The second-order valence-electron chi connectivity index (χ2n) is 5.70. The van der Waals surface area contributed by atoms with Gasteiger partial charge in [0, 0.05) is 17.3 Å². The Labute approximate surface area is 109 Å². The number of fused-ring (bicyclic) bond motifs is 1. The van der Waals surface area contributed by atoms with Crippen LogP contribution in [0.25, 0.3) is 0 Å². The van der Waals surface area contributed by atoms with Crippen LogP contribution in [0.2, 0.25) is 0 Å². The molecule has 1 aromatic heterocycles. The molecule has 1 N–H and O–H groups in total. The molecule has 3 rings (SSSR count). The fourth-order valence-corrected chi connectivity index (χ4v) is 3.55. The van der Waals surface area contributed by atoms with E-state index in [4.69, 9.17) is 0 Å². The number of hydrogen-bond acceptors (Lipinski definition) is 3. The Bertz CT molecular complexity index is 416. The van der Waals surface area contributed by atoms with E-state index in [1.54, 1.807) is 6.33 Å². The quantitative estimate of drug-likeness (QED) is 0.887. The second kappa shape index (κ2) is 5.25. The van der Waals surface area contributed by atoms with Crippen molar-refractivity contribution in [1.29, 1.82) is 0 Å². The van der Waals surface area contributed by atoms with Gasteiger partial charge < -0.3 is 5.32 Å². The molecular formula is C15H23N3. The van der Waals surface area contributed by atoms with Crippen molar-refractivity contribution in [2.75, 3.05) is 5.32 Å². The minimum absolute atomic E-state index is 0.628. The highest BCUT2D eigenvalue weighted by atomic mass is 15.0. The third kappa shape index (κ3) is 2.23. The number of nitrogens with zero attached hydrogens (tertiary/aromatic N) is 2. The molecule has 1 heterocycles. The zero-order valence-corrected chi connectivity index (χ0v) is 11.3. The van der Waals surface area contributed by atoms with Crippen LogP contribution >= 0.6 is 0 Å². The maximum atomic E-state index is 4.49. The molecule has 2 aliphatic rings. The van der Waals surface area contributed by atoms with Crippen LogP contribution < -0.4 is 5.32 Å². The van der Waals surface area contributed by atoms with Crippen LogP contribution in [-0.2, 0) is 12.8 Å². The summed E-state index contributed by atoms with van der Waals surface area (Å²) in [6.45, 7) is 2.31. The summed E-state index contributed by atoms with van der Waals surface area (Å²) in [5.41, 5.74) is 2.66. The molecule has 1 fully saturated rings. The predicted molar refractivity (Wildman–Crippen MR) is 73.7 cm³/mol. The smallest absolute Gasteiger partial charge is 0.133 e. The highest BCUT2D eigenvalue weighted by molar-refractivity contribution is 5.48. The van der Waals surface area contributed by atoms with Gasteiger partial charge in [-0.3, -0.25) is 0 Å². The Kier molecular flexibility index (Phi) is 3.48. The first-order valence-corrected chi connectivity index (χ1v) is 7.47. The number of hydrogen-bond donors (Lipinski definition) is 1. The van der Waals surface area contributed by atoms with Gasteiger partial charge in [-0.15, -0.1) is 0 Å². The van der Waals surface area contributed by atoms with Crippen LogP contribution in [0.4, 0.5) is 5.82 Å². The average molecular weight is 245 g/mol. The molecule has 0 spiro atoms. The van der Waals surface area contributed by atoms with Gasteiger partial charge >= 0.3 is 0 Å². The van der Waals surface area contributed by atoms with Crippen molar-refractivity contribution in [3.05, 3.63) is 17.6 Å². The van der Waals surface area contributed by atoms with Crippen LogP contribution in [-0.4, -0.2) is 16.0 Å². The van der Waals surface area contributed by atoms with Crippen molar-refractivity contribution in [1.82, 2.24) is 9.97 Å². The summed E-state index contributed by atoms with van der Waals surface area (Å²) >= 11 is 0. The van der Waals surface area contributed by atoms with Gasteiger partial charge in [-0.05, 0) is 38.0 Å². The molecule has 3 heteroatoms. The predicted octanol–water partition coefficient (Wildman–Crippen LogP) is 3.35. The second-order valence-corrected chi connectivity index (χ2v) is 5.70. The van der Waals surface area contributed by atoms with Crippen molar-refractivity contribution in [2.24, 2.45) is 5.92 Å². The molecule has 98 valence electrons. The van der Waals surface area contributed by atoms with E-state index < -0.39 is 0 Å². The Morgan fingerprint density at radius 1 is 1.17 bits per heavy atom. The molecule has 1 saturated carbocycles.